The third-order valence-corrected chi connectivity index (χ3v) is 5.21. The van der Waals surface area contributed by atoms with Gasteiger partial charge in [0, 0.05) is 18.3 Å². The molecule has 1 heterocycles. The van der Waals surface area contributed by atoms with E-state index in [0.29, 0.717) is 11.5 Å². The van der Waals surface area contributed by atoms with E-state index < -0.39 is 0 Å². The van der Waals surface area contributed by atoms with Gasteiger partial charge in [-0.05, 0) is 37.5 Å². The summed E-state index contributed by atoms with van der Waals surface area (Å²) in [5, 5.41) is 4.77. The zero-order chi connectivity index (χ0) is 11.4. The van der Waals surface area contributed by atoms with Crippen molar-refractivity contribution in [2.24, 2.45) is 10.4 Å². The third kappa shape index (κ3) is 2.73. The fourth-order valence-electron chi connectivity index (χ4n) is 2.52. The Morgan fingerprint density at radius 2 is 2.25 bits per heavy atom. The third-order valence-electron chi connectivity index (χ3n) is 4.25. The Balaban J connectivity index is 1.86. The minimum Gasteiger partial charge on any atom is -0.362 e. The molecule has 0 spiro atoms. The molecule has 3 heteroatoms. The molecule has 0 bridgehead atoms. The SMILES string of the molecule is CCC1CCSC(=NCC2(CC)CCC2)N1. The Morgan fingerprint density at radius 3 is 2.81 bits per heavy atom. The van der Waals surface area contributed by atoms with E-state index in [1.54, 1.807) is 0 Å². The summed E-state index contributed by atoms with van der Waals surface area (Å²) in [5.74, 6) is 1.24. The number of amidine groups is 1. The van der Waals surface area contributed by atoms with Gasteiger partial charge in [0.2, 0.25) is 0 Å². The van der Waals surface area contributed by atoms with Gasteiger partial charge in [-0.15, -0.1) is 0 Å². The molecule has 2 nitrogen and oxygen atoms in total. The Hall–Kier alpha value is -0.180. The van der Waals surface area contributed by atoms with Crippen molar-refractivity contribution in [1.82, 2.24) is 5.32 Å². The van der Waals surface area contributed by atoms with Crippen molar-refractivity contribution in [1.29, 1.82) is 0 Å². The maximum absolute atomic E-state index is 4.81. The predicted molar refractivity (Wildman–Crippen MR) is 73.2 cm³/mol. The molecule has 2 fully saturated rings. The van der Waals surface area contributed by atoms with Gasteiger partial charge in [0.05, 0.1) is 0 Å². The van der Waals surface area contributed by atoms with Gasteiger partial charge in [-0.2, -0.15) is 0 Å². The van der Waals surface area contributed by atoms with E-state index in [0.717, 1.165) is 6.54 Å². The molecule has 1 aliphatic heterocycles. The van der Waals surface area contributed by atoms with E-state index in [4.69, 9.17) is 4.99 Å². The first-order valence-electron chi connectivity index (χ1n) is 6.72. The second kappa shape index (κ2) is 5.44. The minimum atomic E-state index is 0.564. The van der Waals surface area contributed by atoms with Crippen LogP contribution in [0, 0.1) is 5.41 Å². The van der Waals surface area contributed by atoms with E-state index >= 15 is 0 Å². The van der Waals surface area contributed by atoms with Gasteiger partial charge >= 0.3 is 0 Å². The van der Waals surface area contributed by atoms with Crippen LogP contribution in [0.4, 0.5) is 0 Å². The molecular formula is C13H24N2S. The van der Waals surface area contributed by atoms with Crippen LogP contribution in [0.25, 0.3) is 0 Å². The molecule has 0 aromatic heterocycles. The quantitative estimate of drug-likeness (QED) is 0.814. The summed E-state index contributed by atoms with van der Waals surface area (Å²) in [6.07, 6.45) is 8.00. The smallest absolute Gasteiger partial charge is 0.156 e. The number of nitrogens with zero attached hydrogens (tertiary/aromatic N) is 1. The number of hydrogen-bond donors (Lipinski definition) is 1. The largest absolute Gasteiger partial charge is 0.362 e. The first-order chi connectivity index (χ1) is 7.78. The molecule has 1 N–H and O–H groups in total. The molecule has 1 saturated heterocycles. The van der Waals surface area contributed by atoms with Gasteiger partial charge in [0.1, 0.15) is 0 Å². The summed E-state index contributed by atoms with van der Waals surface area (Å²) < 4.78 is 0. The van der Waals surface area contributed by atoms with E-state index in [9.17, 15) is 0 Å². The highest BCUT2D eigenvalue weighted by Gasteiger charge is 2.34. The summed E-state index contributed by atoms with van der Waals surface area (Å²) in [7, 11) is 0. The highest BCUT2D eigenvalue weighted by Crippen LogP contribution is 2.44. The predicted octanol–water partition coefficient (Wildman–Crippen LogP) is 3.43. The first-order valence-corrected chi connectivity index (χ1v) is 7.70. The van der Waals surface area contributed by atoms with Gasteiger partial charge in [-0.1, -0.05) is 32.0 Å². The molecule has 0 radical (unpaired) electrons. The van der Waals surface area contributed by atoms with E-state index in [2.05, 4.69) is 19.2 Å². The molecule has 16 heavy (non-hydrogen) atoms. The van der Waals surface area contributed by atoms with Crippen LogP contribution in [0.1, 0.15) is 52.4 Å². The molecule has 0 aromatic carbocycles. The number of thioether (sulfide) groups is 1. The second-order valence-electron chi connectivity index (χ2n) is 5.22. The highest BCUT2D eigenvalue weighted by atomic mass is 32.2. The van der Waals surface area contributed by atoms with Crippen LogP contribution in [0.3, 0.4) is 0 Å². The van der Waals surface area contributed by atoms with Crippen molar-refractivity contribution in [3.05, 3.63) is 0 Å². The average molecular weight is 240 g/mol. The van der Waals surface area contributed by atoms with Gasteiger partial charge in [0.25, 0.3) is 0 Å². The Kier molecular flexibility index (Phi) is 4.17. The topological polar surface area (TPSA) is 24.4 Å². The van der Waals surface area contributed by atoms with Crippen molar-refractivity contribution in [2.75, 3.05) is 12.3 Å². The Labute approximate surface area is 104 Å². The van der Waals surface area contributed by atoms with E-state index in [1.165, 1.54) is 49.4 Å². The number of rotatable bonds is 4. The van der Waals surface area contributed by atoms with Crippen molar-refractivity contribution >= 4 is 16.9 Å². The molecule has 92 valence electrons. The number of nitrogens with one attached hydrogen (secondary N) is 1. The van der Waals surface area contributed by atoms with Crippen LogP contribution in [-0.2, 0) is 0 Å². The van der Waals surface area contributed by atoms with Crippen LogP contribution in [0.5, 0.6) is 0 Å². The molecule has 1 saturated carbocycles. The Bertz CT molecular complexity index is 253. The summed E-state index contributed by atoms with van der Waals surface area (Å²) >= 11 is 1.91. The molecule has 1 unspecified atom stereocenters. The van der Waals surface area contributed by atoms with Crippen LogP contribution < -0.4 is 5.32 Å². The van der Waals surface area contributed by atoms with E-state index in [-0.39, 0.29) is 0 Å². The fraction of sp³-hybridized carbons (Fsp3) is 0.923. The second-order valence-corrected chi connectivity index (χ2v) is 6.30. The van der Waals surface area contributed by atoms with Crippen LogP contribution in [0.2, 0.25) is 0 Å². The van der Waals surface area contributed by atoms with Crippen molar-refractivity contribution in [2.45, 2.75) is 58.4 Å². The molecule has 0 aromatic rings. The zero-order valence-corrected chi connectivity index (χ0v) is 11.4. The van der Waals surface area contributed by atoms with Gasteiger partial charge < -0.3 is 5.32 Å². The van der Waals surface area contributed by atoms with Crippen LogP contribution in [-0.4, -0.2) is 23.5 Å². The highest BCUT2D eigenvalue weighted by molar-refractivity contribution is 8.13. The first kappa shape index (κ1) is 12.3. The van der Waals surface area contributed by atoms with Gasteiger partial charge in [-0.3, -0.25) is 4.99 Å². The number of aliphatic imine (C=N–C) groups is 1. The van der Waals surface area contributed by atoms with Crippen LogP contribution in [0.15, 0.2) is 4.99 Å². The maximum atomic E-state index is 4.81. The number of hydrogen-bond acceptors (Lipinski definition) is 2. The standard InChI is InChI=1S/C13H24N2S/c1-3-11-6-9-16-12(15-11)14-10-13(4-2)7-5-8-13/h11H,3-10H2,1-2H3,(H,14,15). The summed E-state index contributed by atoms with van der Waals surface area (Å²) in [6.45, 7) is 5.62. The fourth-order valence-corrected chi connectivity index (χ4v) is 3.53. The lowest BCUT2D eigenvalue weighted by molar-refractivity contribution is 0.139. The normalized spacial score (nSPS) is 30.9. The van der Waals surface area contributed by atoms with Crippen molar-refractivity contribution in [3.63, 3.8) is 0 Å². The van der Waals surface area contributed by atoms with Crippen molar-refractivity contribution < 1.29 is 0 Å². The lowest BCUT2D eigenvalue weighted by Gasteiger charge is -2.40. The lowest BCUT2D eigenvalue weighted by Crippen LogP contribution is -2.39. The van der Waals surface area contributed by atoms with Gasteiger partial charge in [-0.25, -0.2) is 0 Å². The molecule has 2 rings (SSSR count). The van der Waals surface area contributed by atoms with Gasteiger partial charge in [0.15, 0.2) is 5.17 Å². The summed E-state index contributed by atoms with van der Waals surface area (Å²) in [5.41, 5.74) is 0.564. The average Bonchev–Trinajstić information content (AvgIpc) is 2.29. The molecule has 1 atom stereocenters. The Morgan fingerprint density at radius 1 is 1.44 bits per heavy atom. The zero-order valence-electron chi connectivity index (χ0n) is 10.6. The van der Waals surface area contributed by atoms with E-state index in [1.807, 2.05) is 11.8 Å². The molecule has 2 aliphatic rings. The molecular weight excluding hydrogens is 216 g/mol. The molecule has 0 amide bonds. The molecule has 1 aliphatic carbocycles. The minimum absolute atomic E-state index is 0.564. The monoisotopic (exact) mass is 240 g/mol. The van der Waals surface area contributed by atoms with Crippen molar-refractivity contribution in [3.8, 4) is 0 Å². The van der Waals surface area contributed by atoms with Crippen LogP contribution >= 0.6 is 11.8 Å². The summed E-state index contributed by atoms with van der Waals surface area (Å²) in [4.78, 5) is 4.81. The lowest BCUT2D eigenvalue weighted by atomic mass is 9.67. The summed E-state index contributed by atoms with van der Waals surface area (Å²) in [6, 6.07) is 0.666. The maximum Gasteiger partial charge on any atom is 0.156 e.